The van der Waals surface area contributed by atoms with Gasteiger partial charge in [0.2, 0.25) is 5.91 Å². The van der Waals surface area contributed by atoms with Crippen LogP contribution in [0.4, 0.5) is 5.69 Å². The molecule has 0 saturated heterocycles. The number of H-pyrrole nitrogens is 2. The van der Waals surface area contributed by atoms with Gasteiger partial charge in [-0.25, -0.2) is 4.79 Å². The van der Waals surface area contributed by atoms with E-state index in [1.807, 2.05) is 36.4 Å². The maximum Gasteiger partial charge on any atom is 0.329 e. The van der Waals surface area contributed by atoms with Gasteiger partial charge in [0, 0.05) is 18.3 Å². The van der Waals surface area contributed by atoms with Gasteiger partial charge >= 0.3 is 5.69 Å². The van der Waals surface area contributed by atoms with E-state index in [1.54, 1.807) is 31.2 Å². The first-order chi connectivity index (χ1) is 16.0. The first kappa shape index (κ1) is 20.4. The molecule has 1 aliphatic heterocycles. The van der Waals surface area contributed by atoms with E-state index in [4.69, 9.17) is 11.2 Å². The highest BCUT2D eigenvalue weighted by molar-refractivity contribution is 6.10. The van der Waals surface area contributed by atoms with Gasteiger partial charge in [-0.3, -0.25) is 24.0 Å². The number of para-hydroxylation sites is 1. The zero-order valence-electron chi connectivity index (χ0n) is 18.0. The molecule has 1 amide bonds. The molecule has 2 aromatic carbocycles. The third-order valence-electron chi connectivity index (χ3n) is 6.07. The summed E-state index contributed by atoms with van der Waals surface area (Å²) in [6.07, 6.45) is 5.54. The number of rotatable bonds is 4. The van der Waals surface area contributed by atoms with Crippen molar-refractivity contribution in [3.05, 3.63) is 80.5 Å². The average Bonchev–Trinajstić information content (AvgIpc) is 3.34. The normalized spacial score (nSPS) is 15.0. The molecular formula is C25H20N4O4. The maximum atomic E-state index is 13.7. The summed E-state index contributed by atoms with van der Waals surface area (Å²) in [5, 5.41) is 0.263. The fraction of sp³-hybridized carbons (Fsp3) is 0.160. The maximum absolute atomic E-state index is 13.7. The molecule has 8 nitrogen and oxygen atoms in total. The second-order valence-corrected chi connectivity index (χ2v) is 7.80. The van der Waals surface area contributed by atoms with Crippen LogP contribution in [-0.4, -0.2) is 34.1 Å². The Hall–Kier alpha value is -4.51. The summed E-state index contributed by atoms with van der Waals surface area (Å²) in [5.74, 6) is 2.22. The Morgan fingerprint density at radius 1 is 1.06 bits per heavy atom. The number of carbonyl (C=O) groups is 1. The van der Waals surface area contributed by atoms with E-state index in [0.717, 1.165) is 11.1 Å². The number of nitrogens with one attached hydrogen (secondary N) is 2. The zero-order valence-corrected chi connectivity index (χ0v) is 18.0. The van der Waals surface area contributed by atoms with Crippen molar-refractivity contribution < 1.29 is 9.53 Å². The highest BCUT2D eigenvalue weighted by Crippen LogP contribution is 2.45. The number of benzene rings is 2. The van der Waals surface area contributed by atoms with Crippen molar-refractivity contribution in [2.75, 3.05) is 18.6 Å². The van der Waals surface area contributed by atoms with Gasteiger partial charge in [-0.1, -0.05) is 24.1 Å². The van der Waals surface area contributed by atoms with Crippen LogP contribution in [0.2, 0.25) is 0 Å². The monoisotopic (exact) mass is 440 g/mol. The predicted octanol–water partition coefficient (Wildman–Crippen LogP) is 2.34. The number of aromatic nitrogens is 3. The van der Waals surface area contributed by atoms with Crippen LogP contribution in [-0.2, 0) is 11.8 Å². The van der Waals surface area contributed by atoms with Crippen molar-refractivity contribution in [1.29, 1.82) is 0 Å². The van der Waals surface area contributed by atoms with Gasteiger partial charge in [0.1, 0.15) is 11.4 Å². The Labute approximate surface area is 188 Å². The summed E-state index contributed by atoms with van der Waals surface area (Å²) >= 11 is 0. The molecule has 3 heterocycles. The van der Waals surface area contributed by atoms with E-state index in [2.05, 4.69) is 15.9 Å². The zero-order chi connectivity index (χ0) is 23.3. The summed E-state index contributed by atoms with van der Waals surface area (Å²) in [5.41, 5.74) is 2.52. The third kappa shape index (κ3) is 2.97. The number of aromatic amines is 2. The van der Waals surface area contributed by atoms with Crippen LogP contribution >= 0.6 is 0 Å². The molecule has 1 atom stereocenters. The van der Waals surface area contributed by atoms with Crippen molar-refractivity contribution in [2.45, 2.75) is 5.92 Å². The molecule has 0 saturated carbocycles. The molecule has 0 fully saturated rings. The first-order valence-electron chi connectivity index (χ1n) is 10.3. The number of hydrogen-bond acceptors (Lipinski definition) is 4. The van der Waals surface area contributed by atoms with Crippen molar-refractivity contribution in [2.24, 2.45) is 7.05 Å². The number of aryl methyl sites for hydroxylation is 1. The third-order valence-corrected chi connectivity index (χ3v) is 6.07. The molecule has 0 radical (unpaired) electrons. The lowest BCUT2D eigenvalue weighted by molar-refractivity contribution is -0.118. The standard InChI is InChI=1S/C25H20N4O4/c1-4-13-29-17-8-6-5-7-16(17)18(24(29)31)19-20-22(28(2)25(32)27-23(20)30)26-21(19)14-9-11-15(33-3)12-10-14/h1,5-12,18,26H,13H2,2-3H3,(H,27,30,32)/t18-/m1/s1. The predicted molar refractivity (Wildman–Crippen MR) is 126 cm³/mol. The molecule has 4 aromatic rings. The number of amides is 1. The SMILES string of the molecule is C#CCN1C(=O)[C@@H](c2c(-c3ccc(OC)cc3)[nH]c3c2c(=O)[nH]c(=O)n3C)c2ccccc21. The number of ether oxygens (including phenoxy) is 1. The Bertz CT molecular complexity index is 1570. The average molecular weight is 440 g/mol. The van der Waals surface area contributed by atoms with Crippen molar-refractivity contribution in [1.82, 2.24) is 14.5 Å². The lowest BCUT2D eigenvalue weighted by atomic mass is 9.89. The second-order valence-electron chi connectivity index (χ2n) is 7.80. The number of fused-ring (bicyclic) bond motifs is 2. The minimum atomic E-state index is -0.765. The Kier molecular flexibility index (Phi) is 4.68. The molecule has 0 aliphatic carbocycles. The van der Waals surface area contributed by atoms with Crippen LogP contribution in [0, 0.1) is 12.3 Å². The number of methoxy groups -OCH3 is 1. The van der Waals surface area contributed by atoms with Crippen LogP contribution in [0.25, 0.3) is 22.3 Å². The molecule has 33 heavy (non-hydrogen) atoms. The van der Waals surface area contributed by atoms with Gasteiger partial charge < -0.3 is 9.72 Å². The summed E-state index contributed by atoms with van der Waals surface area (Å²) in [6.45, 7) is 0.113. The van der Waals surface area contributed by atoms with Crippen LogP contribution in [0.5, 0.6) is 5.75 Å². The van der Waals surface area contributed by atoms with E-state index >= 15 is 0 Å². The lowest BCUT2D eigenvalue weighted by Crippen LogP contribution is -2.31. The summed E-state index contributed by atoms with van der Waals surface area (Å²) < 4.78 is 6.59. The van der Waals surface area contributed by atoms with E-state index in [-0.39, 0.29) is 17.8 Å². The van der Waals surface area contributed by atoms with E-state index in [0.29, 0.717) is 28.3 Å². The van der Waals surface area contributed by atoms with Gasteiger partial charge in [0.25, 0.3) is 5.56 Å². The molecule has 5 rings (SSSR count). The molecule has 0 bridgehead atoms. The molecule has 164 valence electrons. The molecule has 1 aliphatic rings. The largest absolute Gasteiger partial charge is 0.497 e. The fourth-order valence-electron chi connectivity index (χ4n) is 4.52. The van der Waals surface area contributed by atoms with Gasteiger partial charge in [-0.15, -0.1) is 6.42 Å². The van der Waals surface area contributed by atoms with E-state index in [1.165, 1.54) is 4.57 Å². The van der Waals surface area contributed by atoms with Crippen LogP contribution < -0.4 is 20.9 Å². The first-order valence-corrected chi connectivity index (χ1v) is 10.3. The lowest BCUT2D eigenvalue weighted by Gasteiger charge is -2.15. The van der Waals surface area contributed by atoms with Gasteiger partial charge in [0.05, 0.1) is 30.7 Å². The Balaban J connectivity index is 1.87. The van der Waals surface area contributed by atoms with Crippen LogP contribution in [0.15, 0.2) is 58.1 Å². The molecule has 2 N–H and O–H groups in total. The topological polar surface area (TPSA) is 100 Å². The number of nitrogens with zero attached hydrogens (tertiary/aromatic N) is 2. The van der Waals surface area contributed by atoms with Gasteiger partial charge in [0.15, 0.2) is 0 Å². The number of terminal acetylenes is 1. The van der Waals surface area contributed by atoms with Crippen molar-refractivity contribution >= 4 is 22.6 Å². The Morgan fingerprint density at radius 2 is 1.79 bits per heavy atom. The van der Waals surface area contributed by atoms with Crippen LogP contribution in [0.3, 0.4) is 0 Å². The summed E-state index contributed by atoms with van der Waals surface area (Å²) in [4.78, 5) is 46.1. The highest BCUT2D eigenvalue weighted by Gasteiger charge is 2.41. The number of carbonyl (C=O) groups excluding carboxylic acids is 1. The highest BCUT2D eigenvalue weighted by atomic mass is 16.5. The number of anilines is 1. The smallest absolute Gasteiger partial charge is 0.329 e. The molecule has 2 aromatic heterocycles. The Morgan fingerprint density at radius 3 is 2.48 bits per heavy atom. The van der Waals surface area contributed by atoms with Crippen LogP contribution in [0.1, 0.15) is 17.0 Å². The quantitative estimate of drug-likeness (QED) is 0.476. The van der Waals surface area contributed by atoms with Gasteiger partial charge in [-0.2, -0.15) is 0 Å². The molecular weight excluding hydrogens is 420 g/mol. The van der Waals surface area contributed by atoms with Crippen molar-refractivity contribution in [3.8, 4) is 29.4 Å². The molecule has 0 unspecified atom stereocenters. The minimum absolute atomic E-state index is 0.113. The summed E-state index contributed by atoms with van der Waals surface area (Å²) in [7, 11) is 3.14. The van der Waals surface area contributed by atoms with E-state index < -0.39 is 17.2 Å². The second kappa shape index (κ2) is 7.57. The number of hydrogen-bond donors (Lipinski definition) is 2. The summed E-state index contributed by atoms with van der Waals surface area (Å²) in [6, 6.07) is 14.7. The fourth-order valence-corrected chi connectivity index (χ4v) is 4.52. The molecule has 8 heteroatoms. The molecule has 0 spiro atoms. The van der Waals surface area contributed by atoms with E-state index in [9.17, 15) is 14.4 Å². The van der Waals surface area contributed by atoms with Crippen molar-refractivity contribution in [3.63, 3.8) is 0 Å². The van der Waals surface area contributed by atoms with Gasteiger partial charge in [-0.05, 0) is 41.5 Å². The minimum Gasteiger partial charge on any atom is -0.497 e.